The smallest absolute Gasteiger partial charge is 0.224 e. The molecule has 0 spiro atoms. The molecule has 0 aromatic carbocycles. The zero-order valence-corrected chi connectivity index (χ0v) is 9.83. The van der Waals surface area contributed by atoms with Crippen LogP contribution in [-0.4, -0.2) is 43.5 Å². The average molecular weight is 213 g/mol. The van der Waals surface area contributed by atoms with E-state index in [0.717, 1.165) is 32.4 Å². The molecule has 2 unspecified atom stereocenters. The molecule has 0 aromatic rings. The van der Waals surface area contributed by atoms with Crippen molar-refractivity contribution < 1.29 is 4.79 Å². The topological polar surface area (TPSA) is 58.4 Å². The molecule has 3 N–H and O–H groups in total. The first-order valence-corrected chi connectivity index (χ1v) is 5.88. The largest absolute Gasteiger partial charge is 0.359 e. The third-order valence-electron chi connectivity index (χ3n) is 3.33. The molecule has 0 aliphatic carbocycles. The molecule has 1 heterocycles. The van der Waals surface area contributed by atoms with E-state index in [4.69, 9.17) is 5.73 Å². The minimum Gasteiger partial charge on any atom is -0.359 e. The van der Waals surface area contributed by atoms with Gasteiger partial charge in [-0.1, -0.05) is 6.92 Å². The lowest BCUT2D eigenvalue weighted by molar-refractivity contribution is -0.126. The van der Waals surface area contributed by atoms with Crippen LogP contribution in [0.3, 0.4) is 0 Å². The van der Waals surface area contributed by atoms with Gasteiger partial charge in [0.15, 0.2) is 0 Å². The number of rotatable bonds is 4. The van der Waals surface area contributed by atoms with Crippen LogP contribution in [0.4, 0.5) is 0 Å². The number of nitrogens with zero attached hydrogens (tertiary/aromatic N) is 1. The fraction of sp³-hybridized carbons (Fsp3) is 0.909. The fourth-order valence-electron chi connectivity index (χ4n) is 2.33. The van der Waals surface area contributed by atoms with Crippen LogP contribution in [0.1, 0.15) is 26.2 Å². The predicted octanol–water partition coefficient (Wildman–Crippen LogP) is 0.182. The average Bonchev–Trinajstić information content (AvgIpc) is 2.30. The Bertz CT molecular complexity index is 204. The van der Waals surface area contributed by atoms with Gasteiger partial charge >= 0.3 is 0 Å². The van der Waals surface area contributed by atoms with Crippen molar-refractivity contribution >= 4 is 5.91 Å². The number of hydrogen-bond donors (Lipinski definition) is 2. The van der Waals surface area contributed by atoms with Crippen LogP contribution in [0.15, 0.2) is 0 Å². The van der Waals surface area contributed by atoms with E-state index < -0.39 is 0 Å². The molecule has 0 saturated carbocycles. The number of carbonyl (C=O) groups is 1. The maximum absolute atomic E-state index is 11.5. The Kier molecular flexibility index (Phi) is 5.05. The number of piperidine rings is 1. The lowest BCUT2D eigenvalue weighted by atomic mass is 9.95. The Morgan fingerprint density at radius 1 is 1.67 bits per heavy atom. The Morgan fingerprint density at radius 3 is 2.93 bits per heavy atom. The number of likely N-dealkylation sites (tertiary alicyclic amines) is 1. The highest BCUT2D eigenvalue weighted by Gasteiger charge is 2.27. The van der Waals surface area contributed by atoms with Crippen molar-refractivity contribution in [2.45, 2.75) is 32.2 Å². The molecule has 1 aliphatic rings. The van der Waals surface area contributed by atoms with Crippen LogP contribution >= 0.6 is 0 Å². The zero-order valence-electron chi connectivity index (χ0n) is 9.83. The number of carbonyl (C=O) groups excluding carboxylic acids is 1. The molecule has 1 aliphatic heterocycles. The standard InChI is InChI=1S/C11H23N3O/c1-3-10(7-12)14-6-4-5-9(8-14)11(15)13-2/h9-10H,3-8,12H2,1-2H3,(H,13,15). The Hall–Kier alpha value is -0.610. The molecule has 0 bridgehead atoms. The molecule has 1 amide bonds. The summed E-state index contributed by atoms with van der Waals surface area (Å²) in [5, 5.41) is 2.73. The molecule has 88 valence electrons. The van der Waals surface area contributed by atoms with E-state index in [-0.39, 0.29) is 11.8 Å². The number of amides is 1. The molecule has 15 heavy (non-hydrogen) atoms. The first-order chi connectivity index (χ1) is 7.22. The van der Waals surface area contributed by atoms with Crippen molar-refractivity contribution in [3.8, 4) is 0 Å². The quantitative estimate of drug-likeness (QED) is 0.700. The van der Waals surface area contributed by atoms with E-state index in [1.807, 2.05) is 0 Å². The van der Waals surface area contributed by atoms with Gasteiger partial charge in [-0.2, -0.15) is 0 Å². The van der Waals surface area contributed by atoms with Crippen LogP contribution in [0.25, 0.3) is 0 Å². The van der Waals surface area contributed by atoms with E-state index in [0.29, 0.717) is 12.6 Å². The third kappa shape index (κ3) is 3.18. The lowest BCUT2D eigenvalue weighted by Crippen LogP contribution is -2.48. The Balaban J connectivity index is 2.51. The van der Waals surface area contributed by atoms with Gasteiger partial charge in [0.1, 0.15) is 0 Å². The molecule has 1 fully saturated rings. The van der Waals surface area contributed by atoms with Crippen molar-refractivity contribution in [3.05, 3.63) is 0 Å². The van der Waals surface area contributed by atoms with Gasteiger partial charge in [-0.3, -0.25) is 9.69 Å². The summed E-state index contributed by atoms with van der Waals surface area (Å²) in [4.78, 5) is 13.9. The molecule has 4 heteroatoms. The summed E-state index contributed by atoms with van der Waals surface area (Å²) in [5.74, 6) is 0.330. The third-order valence-corrected chi connectivity index (χ3v) is 3.33. The summed E-state index contributed by atoms with van der Waals surface area (Å²) >= 11 is 0. The predicted molar refractivity (Wildman–Crippen MR) is 61.5 cm³/mol. The summed E-state index contributed by atoms with van der Waals surface area (Å²) in [6.07, 6.45) is 3.18. The van der Waals surface area contributed by atoms with E-state index in [9.17, 15) is 4.79 Å². The van der Waals surface area contributed by atoms with Crippen LogP contribution in [0.5, 0.6) is 0 Å². The van der Waals surface area contributed by atoms with Gasteiger partial charge in [-0.15, -0.1) is 0 Å². The highest BCUT2D eigenvalue weighted by Crippen LogP contribution is 2.19. The number of nitrogens with two attached hydrogens (primary N) is 1. The van der Waals surface area contributed by atoms with Crippen LogP contribution < -0.4 is 11.1 Å². The summed E-state index contributed by atoms with van der Waals surface area (Å²) in [6, 6.07) is 0.442. The van der Waals surface area contributed by atoms with Crippen molar-refractivity contribution in [2.75, 3.05) is 26.7 Å². The first kappa shape index (κ1) is 12.5. The van der Waals surface area contributed by atoms with Gasteiger partial charge in [-0.05, 0) is 25.8 Å². The molecule has 4 nitrogen and oxygen atoms in total. The molecular formula is C11H23N3O. The lowest BCUT2D eigenvalue weighted by Gasteiger charge is -2.36. The monoisotopic (exact) mass is 213 g/mol. The van der Waals surface area contributed by atoms with E-state index >= 15 is 0 Å². The molecular weight excluding hydrogens is 190 g/mol. The van der Waals surface area contributed by atoms with Crippen LogP contribution in [0, 0.1) is 5.92 Å². The number of nitrogens with one attached hydrogen (secondary N) is 1. The summed E-state index contributed by atoms with van der Waals surface area (Å²) in [7, 11) is 1.71. The van der Waals surface area contributed by atoms with Gasteiger partial charge < -0.3 is 11.1 Å². The minimum atomic E-state index is 0.157. The van der Waals surface area contributed by atoms with Crippen LogP contribution in [-0.2, 0) is 4.79 Å². The Labute approximate surface area is 92.2 Å². The SMILES string of the molecule is CCC(CN)N1CCCC(C(=O)NC)C1. The normalized spacial score (nSPS) is 24.9. The van der Waals surface area contributed by atoms with Gasteiger partial charge in [0.2, 0.25) is 5.91 Å². The minimum absolute atomic E-state index is 0.157. The van der Waals surface area contributed by atoms with E-state index in [1.54, 1.807) is 7.05 Å². The summed E-state index contributed by atoms with van der Waals surface area (Å²) in [5.41, 5.74) is 5.73. The highest BCUT2D eigenvalue weighted by molar-refractivity contribution is 5.78. The second kappa shape index (κ2) is 6.08. The van der Waals surface area contributed by atoms with Crippen molar-refractivity contribution in [1.82, 2.24) is 10.2 Å². The number of hydrogen-bond acceptors (Lipinski definition) is 3. The molecule has 1 saturated heterocycles. The molecule has 0 aromatic heterocycles. The molecule has 1 rings (SSSR count). The highest BCUT2D eigenvalue weighted by atomic mass is 16.1. The maximum atomic E-state index is 11.5. The second-order valence-corrected chi connectivity index (χ2v) is 4.25. The van der Waals surface area contributed by atoms with Gasteiger partial charge in [0.05, 0.1) is 5.92 Å². The summed E-state index contributed by atoms with van der Waals surface area (Å²) < 4.78 is 0. The van der Waals surface area contributed by atoms with Crippen molar-refractivity contribution in [3.63, 3.8) is 0 Å². The van der Waals surface area contributed by atoms with Crippen molar-refractivity contribution in [2.24, 2.45) is 11.7 Å². The van der Waals surface area contributed by atoms with Gasteiger partial charge in [0, 0.05) is 26.2 Å². The van der Waals surface area contributed by atoms with E-state index in [1.165, 1.54) is 0 Å². The molecule has 2 atom stereocenters. The Morgan fingerprint density at radius 2 is 2.40 bits per heavy atom. The maximum Gasteiger partial charge on any atom is 0.224 e. The zero-order chi connectivity index (χ0) is 11.3. The van der Waals surface area contributed by atoms with Gasteiger partial charge in [-0.25, -0.2) is 0 Å². The van der Waals surface area contributed by atoms with E-state index in [2.05, 4.69) is 17.1 Å². The van der Waals surface area contributed by atoms with Crippen LogP contribution in [0.2, 0.25) is 0 Å². The van der Waals surface area contributed by atoms with Crippen molar-refractivity contribution in [1.29, 1.82) is 0 Å². The summed E-state index contributed by atoms with van der Waals surface area (Å²) in [6.45, 7) is 4.80. The fourth-order valence-corrected chi connectivity index (χ4v) is 2.33. The first-order valence-electron chi connectivity index (χ1n) is 5.88. The molecule has 0 radical (unpaired) electrons. The van der Waals surface area contributed by atoms with Gasteiger partial charge in [0.25, 0.3) is 0 Å². The second-order valence-electron chi connectivity index (χ2n) is 4.25.